The highest BCUT2D eigenvalue weighted by Gasteiger charge is 2.36. The lowest BCUT2D eigenvalue weighted by molar-refractivity contribution is -0.154. The van der Waals surface area contributed by atoms with Gasteiger partial charge >= 0.3 is 12.1 Å². The Morgan fingerprint density at radius 2 is 1.82 bits per heavy atom. The minimum Gasteiger partial charge on any atom is -0.460 e. The molecule has 0 radical (unpaired) electrons. The predicted molar refractivity (Wildman–Crippen MR) is 99.3 cm³/mol. The van der Waals surface area contributed by atoms with E-state index in [0.717, 1.165) is 6.07 Å². The Bertz CT molecular complexity index is 709. The van der Waals surface area contributed by atoms with Crippen LogP contribution < -0.4 is 15.5 Å². The average molecular weight is 401 g/mol. The van der Waals surface area contributed by atoms with Crippen LogP contribution in [0.5, 0.6) is 0 Å². The second-order valence-electron chi connectivity index (χ2n) is 7.56. The van der Waals surface area contributed by atoms with Gasteiger partial charge in [-0.2, -0.15) is 13.2 Å². The summed E-state index contributed by atoms with van der Waals surface area (Å²) in [5, 5.41) is 5.50. The van der Waals surface area contributed by atoms with Crippen molar-refractivity contribution in [2.45, 2.75) is 39.0 Å². The Morgan fingerprint density at radius 3 is 2.39 bits per heavy atom. The van der Waals surface area contributed by atoms with Crippen molar-refractivity contribution in [1.82, 2.24) is 10.6 Å². The van der Waals surface area contributed by atoms with Crippen LogP contribution in [0.4, 0.5) is 18.9 Å². The molecule has 0 unspecified atom stereocenters. The molecule has 0 aliphatic carbocycles. The monoisotopic (exact) mass is 401 g/mol. The minimum atomic E-state index is -4.66. The van der Waals surface area contributed by atoms with Gasteiger partial charge in [-0.1, -0.05) is 0 Å². The molecule has 9 heteroatoms. The van der Waals surface area contributed by atoms with Crippen molar-refractivity contribution in [3.05, 3.63) is 29.3 Å². The third kappa shape index (κ3) is 6.40. The van der Waals surface area contributed by atoms with Crippen LogP contribution in [0.3, 0.4) is 0 Å². The van der Waals surface area contributed by atoms with Gasteiger partial charge in [-0.15, -0.1) is 0 Å². The van der Waals surface area contributed by atoms with E-state index in [-0.39, 0.29) is 13.0 Å². The van der Waals surface area contributed by atoms with Crippen LogP contribution >= 0.6 is 0 Å². The van der Waals surface area contributed by atoms with Gasteiger partial charge in [0.05, 0.1) is 17.5 Å². The van der Waals surface area contributed by atoms with E-state index in [1.165, 1.54) is 12.1 Å². The third-order valence-corrected chi connectivity index (χ3v) is 4.07. The van der Waals surface area contributed by atoms with Crippen molar-refractivity contribution in [3.8, 4) is 0 Å². The van der Waals surface area contributed by atoms with Crippen molar-refractivity contribution in [2.24, 2.45) is 0 Å². The van der Waals surface area contributed by atoms with E-state index >= 15 is 0 Å². The first-order valence-corrected chi connectivity index (χ1v) is 9.14. The maximum absolute atomic E-state index is 13.5. The molecule has 156 valence electrons. The van der Waals surface area contributed by atoms with Crippen LogP contribution in [0.2, 0.25) is 0 Å². The Kier molecular flexibility index (Phi) is 6.92. The summed E-state index contributed by atoms with van der Waals surface area (Å²) in [6, 6.07) is 3.71. The second-order valence-corrected chi connectivity index (χ2v) is 7.56. The number of carbonyl (C=O) groups is 2. The summed E-state index contributed by atoms with van der Waals surface area (Å²) in [4.78, 5) is 25.8. The Balaban J connectivity index is 2.08. The molecule has 2 N–H and O–H groups in total. The van der Waals surface area contributed by atoms with Gasteiger partial charge < -0.3 is 20.3 Å². The van der Waals surface area contributed by atoms with Crippen molar-refractivity contribution >= 4 is 17.6 Å². The first kappa shape index (κ1) is 22.0. The topological polar surface area (TPSA) is 70.7 Å². The molecule has 1 aromatic rings. The SMILES string of the molecule is CC(C)(C)OC(=O)CCNC(=O)c1ccc(N2CCNCC2)cc1C(F)(F)F. The summed E-state index contributed by atoms with van der Waals surface area (Å²) in [6.45, 7) is 7.59. The van der Waals surface area contributed by atoms with Gasteiger partial charge in [0, 0.05) is 38.4 Å². The number of esters is 1. The molecule has 0 atom stereocenters. The normalized spacial score (nSPS) is 15.3. The molecule has 0 aromatic heterocycles. The number of amides is 1. The van der Waals surface area contributed by atoms with Crippen molar-refractivity contribution in [1.29, 1.82) is 0 Å². The fraction of sp³-hybridized carbons (Fsp3) is 0.579. The van der Waals surface area contributed by atoms with Gasteiger partial charge in [0.2, 0.25) is 0 Å². The number of nitrogens with one attached hydrogen (secondary N) is 2. The zero-order chi connectivity index (χ0) is 20.9. The Labute approximate surface area is 162 Å². The molecule has 2 rings (SSSR count). The standard InChI is InChI=1S/C19H26F3N3O3/c1-18(2,3)28-16(26)6-7-24-17(27)14-5-4-13(12-15(14)19(20,21)22)25-10-8-23-9-11-25/h4-5,12,23H,6-11H2,1-3H3,(H,24,27). The predicted octanol–water partition coefficient (Wildman–Crippen LogP) is 2.58. The van der Waals surface area contributed by atoms with Gasteiger partial charge in [-0.25, -0.2) is 0 Å². The number of rotatable bonds is 5. The molecule has 0 bridgehead atoms. The number of ether oxygens (including phenoxy) is 1. The van der Waals surface area contributed by atoms with Gasteiger partial charge in [-0.3, -0.25) is 9.59 Å². The number of hydrogen-bond acceptors (Lipinski definition) is 5. The molecule has 1 heterocycles. The largest absolute Gasteiger partial charge is 0.460 e. The van der Waals surface area contributed by atoms with Gasteiger partial charge in [0.15, 0.2) is 0 Å². The second kappa shape index (κ2) is 8.81. The van der Waals surface area contributed by atoms with Gasteiger partial charge in [0.25, 0.3) is 5.91 Å². The highest BCUT2D eigenvalue weighted by molar-refractivity contribution is 5.96. The molecule has 1 amide bonds. The lowest BCUT2D eigenvalue weighted by Gasteiger charge is -2.30. The van der Waals surface area contributed by atoms with E-state index in [9.17, 15) is 22.8 Å². The van der Waals surface area contributed by atoms with Gasteiger partial charge in [-0.05, 0) is 39.0 Å². The average Bonchev–Trinajstić information content (AvgIpc) is 2.59. The van der Waals surface area contributed by atoms with Crippen molar-refractivity contribution in [3.63, 3.8) is 0 Å². The number of carbonyl (C=O) groups excluding carboxylic acids is 2. The summed E-state index contributed by atoms with van der Waals surface area (Å²) in [5.74, 6) is -1.40. The lowest BCUT2D eigenvalue weighted by Crippen LogP contribution is -2.43. The van der Waals surface area contributed by atoms with E-state index in [4.69, 9.17) is 4.74 Å². The van der Waals surface area contributed by atoms with Crippen LogP contribution in [-0.4, -0.2) is 50.2 Å². The molecule has 1 aromatic carbocycles. The summed E-state index contributed by atoms with van der Waals surface area (Å²) in [6.07, 6.45) is -4.79. The van der Waals surface area contributed by atoms with Crippen LogP contribution in [0.15, 0.2) is 18.2 Å². The summed E-state index contributed by atoms with van der Waals surface area (Å²) in [5.41, 5.74) is -1.68. The zero-order valence-electron chi connectivity index (χ0n) is 16.3. The molecule has 1 saturated heterocycles. The van der Waals surface area contributed by atoms with Crippen molar-refractivity contribution in [2.75, 3.05) is 37.6 Å². The van der Waals surface area contributed by atoms with E-state index in [1.807, 2.05) is 4.90 Å². The van der Waals surface area contributed by atoms with Crippen LogP contribution in [-0.2, 0) is 15.7 Å². The number of piperazine rings is 1. The number of alkyl halides is 3. The molecule has 1 aliphatic heterocycles. The highest BCUT2D eigenvalue weighted by Crippen LogP contribution is 2.34. The number of benzene rings is 1. The maximum Gasteiger partial charge on any atom is 0.417 e. The summed E-state index contributed by atoms with van der Waals surface area (Å²) >= 11 is 0. The molecular weight excluding hydrogens is 375 g/mol. The number of halogens is 3. The summed E-state index contributed by atoms with van der Waals surface area (Å²) < 4.78 is 45.6. The van der Waals surface area contributed by atoms with Crippen LogP contribution in [0, 0.1) is 0 Å². The van der Waals surface area contributed by atoms with Crippen molar-refractivity contribution < 1.29 is 27.5 Å². The van der Waals surface area contributed by atoms with E-state index in [0.29, 0.717) is 31.9 Å². The van der Waals surface area contributed by atoms with Crippen LogP contribution in [0.1, 0.15) is 43.1 Å². The molecular formula is C19H26F3N3O3. The fourth-order valence-corrected chi connectivity index (χ4v) is 2.85. The van der Waals surface area contributed by atoms with E-state index in [1.54, 1.807) is 20.8 Å². The molecule has 0 spiro atoms. The highest BCUT2D eigenvalue weighted by atomic mass is 19.4. The van der Waals surface area contributed by atoms with E-state index in [2.05, 4.69) is 10.6 Å². The van der Waals surface area contributed by atoms with Crippen LogP contribution in [0.25, 0.3) is 0 Å². The Hall–Kier alpha value is -2.29. The maximum atomic E-state index is 13.5. The first-order chi connectivity index (χ1) is 13.0. The minimum absolute atomic E-state index is 0.107. The molecule has 1 aliphatic rings. The fourth-order valence-electron chi connectivity index (χ4n) is 2.85. The molecule has 28 heavy (non-hydrogen) atoms. The first-order valence-electron chi connectivity index (χ1n) is 9.14. The Morgan fingerprint density at radius 1 is 1.18 bits per heavy atom. The molecule has 6 nitrogen and oxygen atoms in total. The lowest BCUT2D eigenvalue weighted by atomic mass is 10.0. The quantitative estimate of drug-likeness (QED) is 0.743. The third-order valence-electron chi connectivity index (χ3n) is 4.07. The number of hydrogen-bond donors (Lipinski definition) is 2. The zero-order valence-corrected chi connectivity index (χ0v) is 16.3. The smallest absolute Gasteiger partial charge is 0.417 e. The number of nitrogens with zero attached hydrogens (tertiary/aromatic N) is 1. The molecule has 0 saturated carbocycles. The number of anilines is 1. The molecule has 1 fully saturated rings. The van der Waals surface area contributed by atoms with E-state index < -0.39 is 34.8 Å². The summed E-state index contributed by atoms with van der Waals surface area (Å²) in [7, 11) is 0. The van der Waals surface area contributed by atoms with Gasteiger partial charge in [0.1, 0.15) is 5.60 Å².